The van der Waals surface area contributed by atoms with Gasteiger partial charge in [-0.3, -0.25) is 9.78 Å². The first kappa shape index (κ1) is 21.4. The molecule has 1 fully saturated rings. The van der Waals surface area contributed by atoms with Crippen molar-refractivity contribution in [2.24, 2.45) is 5.92 Å². The lowest BCUT2D eigenvalue weighted by Gasteiger charge is -2.26. The molecule has 1 saturated heterocycles. The third-order valence-corrected chi connectivity index (χ3v) is 5.86. The van der Waals surface area contributed by atoms with E-state index in [9.17, 15) is 14.3 Å². The van der Waals surface area contributed by atoms with Gasteiger partial charge in [-0.2, -0.15) is 0 Å². The second-order valence-electron chi connectivity index (χ2n) is 7.95. The quantitative estimate of drug-likeness (QED) is 0.668. The molecule has 0 bridgehead atoms. The number of fused-ring (bicyclic) bond motifs is 1. The number of carboxylic acid groups (broad SMARTS) is 1. The maximum Gasteiger partial charge on any atom is 0.306 e. The summed E-state index contributed by atoms with van der Waals surface area (Å²) in [4.78, 5) is 18.3. The Kier molecular flexibility index (Phi) is 6.56. The van der Waals surface area contributed by atoms with Gasteiger partial charge in [-0.25, -0.2) is 4.39 Å². The van der Waals surface area contributed by atoms with Gasteiger partial charge in [0.15, 0.2) is 11.6 Å². The Hall–Kier alpha value is -2.87. The monoisotopic (exact) mass is 430 g/mol. The van der Waals surface area contributed by atoms with Gasteiger partial charge >= 0.3 is 5.97 Å². The summed E-state index contributed by atoms with van der Waals surface area (Å²) in [6, 6.07) is 5.25. The number of carboxylic acids is 1. The zero-order valence-electron chi connectivity index (χ0n) is 17.6. The third-order valence-electron chi connectivity index (χ3n) is 5.86. The number of halogens is 1. The molecule has 1 N–H and O–H groups in total. The molecule has 31 heavy (non-hydrogen) atoms. The summed E-state index contributed by atoms with van der Waals surface area (Å²) >= 11 is 0. The van der Waals surface area contributed by atoms with Gasteiger partial charge in [-0.15, -0.1) is 0 Å². The van der Waals surface area contributed by atoms with E-state index >= 15 is 0 Å². The van der Waals surface area contributed by atoms with Gasteiger partial charge < -0.3 is 24.2 Å². The first-order chi connectivity index (χ1) is 15.1. The van der Waals surface area contributed by atoms with Crippen LogP contribution in [0.1, 0.15) is 31.2 Å². The van der Waals surface area contributed by atoms with Crippen LogP contribution in [0.3, 0.4) is 0 Å². The summed E-state index contributed by atoms with van der Waals surface area (Å²) in [5, 5.41) is 9.43. The molecule has 3 heterocycles. The highest BCUT2D eigenvalue weighted by atomic mass is 19.1. The van der Waals surface area contributed by atoms with Crippen LogP contribution >= 0.6 is 0 Å². The summed E-state index contributed by atoms with van der Waals surface area (Å²) in [5.74, 6) is -1.07. The largest absolute Gasteiger partial charge is 0.481 e. The van der Waals surface area contributed by atoms with Crippen molar-refractivity contribution in [3.05, 3.63) is 35.8 Å². The van der Waals surface area contributed by atoms with E-state index in [-0.39, 0.29) is 18.5 Å². The Balaban J connectivity index is 1.69. The fourth-order valence-electron chi connectivity index (χ4n) is 4.20. The zero-order valence-corrected chi connectivity index (χ0v) is 17.6. The number of aryl methyl sites for hydroxylation is 1. The summed E-state index contributed by atoms with van der Waals surface area (Å²) in [7, 11) is 1.68. The summed E-state index contributed by atoms with van der Waals surface area (Å²) < 4.78 is 30.3. The van der Waals surface area contributed by atoms with E-state index in [1.54, 1.807) is 13.2 Å². The van der Waals surface area contributed by atoms with Crippen molar-refractivity contribution < 1.29 is 28.5 Å². The van der Waals surface area contributed by atoms with Crippen molar-refractivity contribution in [3.8, 4) is 22.8 Å². The second-order valence-corrected chi connectivity index (χ2v) is 7.95. The van der Waals surface area contributed by atoms with Crippen LogP contribution in [0.2, 0.25) is 0 Å². The maximum absolute atomic E-state index is 14.6. The van der Waals surface area contributed by atoms with Crippen molar-refractivity contribution in [2.75, 3.05) is 38.5 Å². The zero-order chi connectivity index (χ0) is 21.8. The lowest BCUT2D eigenvalue weighted by molar-refractivity contribution is -0.142. The van der Waals surface area contributed by atoms with Crippen molar-refractivity contribution >= 4 is 11.7 Å². The van der Waals surface area contributed by atoms with Crippen LogP contribution < -0.4 is 14.4 Å². The number of pyridine rings is 1. The average molecular weight is 430 g/mol. The molecule has 4 rings (SSSR count). The predicted octanol–water partition coefficient (Wildman–Crippen LogP) is 3.89. The molecule has 2 aromatic rings. The average Bonchev–Trinajstić information content (AvgIpc) is 3.10. The van der Waals surface area contributed by atoms with E-state index in [2.05, 4.69) is 11.0 Å². The van der Waals surface area contributed by atoms with E-state index in [0.717, 1.165) is 37.1 Å². The normalized spacial score (nSPS) is 18.1. The van der Waals surface area contributed by atoms with Crippen molar-refractivity contribution in [1.29, 1.82) is 0 Å². The fourth-order valence-corrected chi connectivity index (χ4v) is 4.20. The molecule has 1 atom stereocenters. The second kappa shape index (κ2) is 9.51. The summed E-state index contributed by atoms with van der Waals surface area (Å²) in [6.07, 6.45) is 5.50. The number of anilines is 1. The van der Waals surface area contributed by atoms with Gasteiger partial charge in [0.05, 0.1) is 17.3 Å². The number of ether oxygens (including phenoxy) is 3. The molecule has 0 aliphatic carbocycles. The number of hydrogen-bond donors (Lipinski definition) is 1. The molecule has 2 aliphatic rings. The van der Waals surface area contributed by atoms with E-state index in [1.165, 1.54) is 6.07 Å². The Morgan fingerprint density at radius 3 is 2.97 bits per heavy atom. The van der Waals surface area contributed by atoms with Crippen LogP contribution in [0.5, 0.6) is 11.5 Å². The van der Waals surface area contributed by atoms with E-state index < -0.39 is 11.8 Å². The minimum absolute atomic E-state index is 0.00285. The maximum atomic E-state index is 14.6. The number of aromatic nitrogens is 1. The molecule has 0 saturated carbocycles. The van der Waals surface area contributed by atoms with Crippen LogP contribution in [-0.4, -0.2) is 49.7 Å². The van der Waals surface area contributed by atoms with E-state index in [0.29, 0.717) is 43.0 Å². The minimum atomic E-state index is -0.744. The molecule has 1 unspecified atom stereocenters. The van der Waals surface area contributed by atoms with Crippen LogP contribution in [0.15, 0.2) is 24.4 Å². The Morgan fingerprint density at radius 1 is 1.29 bits per heavy atom. The first-order valence-corrected chi connectivity index (χ1v) is 10.6. The molecule has 0 spiro atoms. The van der Waals surface area contributed by atoms with Crippen LogP contribution in [-0.2, 0) is 16.0 Å². The van der Waals surface area contributed by atoms with Gasteiger partial charge in [0.1, 0.15) is 0 Å². The lowest BCUT2D eigenvalue weighted by atomic mass is 10.0. The van der Waals surface area contributed by atoms with Crippen molar-refractivity contribution in [2.45, 2.75) is 32.1 Å². The number of carbonyl (C=O) groups is 1. The Labute approximate surface area is 180 Å². The predicted molar refractivity (Wildman–Crippen MR) is 113 cm³/mol. The molecule has 1 aromatic carbocycles. The highest BCUT2D eigenvalue weighted by Gasteiger charge is 2.26. The topological polar surface area (TPSA) is 81.1 Å². The van der Waals surface area contributed by atoms with Gasteiger partial charge in [0.2, 0.25) is 12.5 Å². The van der Waals surface area contributed by atoms with E-state index in [4.69, 9.17) is 19.2 Å². The SMILES string of the molecule is COCCCc1cnc(-c2cc(F)c3c(c2)OCO3)c(N2CCCC(C(=O)O)CC2)c1. The number of aliphatic carboxylic acids is 1. The van der Waals surface area contributed by atoms with Gasteiger partial charge in [-0.05, 0) is 55.9 Å². The first-order valence-electron chi connectivity index (χ1n) is 10.6. The van der Waals surface area contributed by atoms with Gasteiger partial charge in [0, 0.05) is 38.6 Å². The molecular formula is C23H27FN2O5. The molecule has 166 valence electrons. The van der Waals surface area contributed by atoms with Gasteiger partial charge in [-0.1, -0.05) is 0 Å². The number of nitrogens with zero attached hydrogens (tertiary/aromatic N) is 2. The number of methoxy groups -OCH3 is 1. The Bertz CT molecular complexity index is 952. The summed E-state index contributed by atoms with van der Waals surface area (Å²) in [6.45, 7) is 2.00. The number of rotatable bonds is 7. The standard InChI is InChI=1S/C23H27FN2O5/c1-29-9-3-4-15-10-19(26-7-2-5-16(6-8-26)23(27)28)21(25-13-15)17-11-18(24)22-20(12-17)30-14-31-22/h10-13,16H,2-9,14H2,1H3,(H,27,28). The molecule has 2 aliphatic heterocycles. The lowest BCUT2D eigenvalue weighted by Crippen LogP contribution is -2.26. The van der Waals surface area contributed by atoms with Crippen LogP contribution in [0, 0.1) is 11.7 Å². The van der Waals surface area contributed by atoms with Crippen LogP contribution in [0.4, 0.5) is 10.1 Å². The molecule has 1 aromatic heterocycles. The van der Waals surface area contributed by atoms with Crippen LogP contribution in [0.25, 0.3) is 11.3 Å². The molecule has 0 radical (unpaired) electrons. The van der Waals surface area contributed by atoms with Gasteiger partial charge in [0.25, 0.3) is 0 Å². The van der Waals surface area contributed by atoms with E-state index in [1.807, 2.05) is 6.20 Å². The van der Waals surface area contributed by atoms with Crippen molar-refractivity contribution in [3.63, 3.8) is 0 Å². The summed E-state index contributed by atoms with van der Waals surface area (Å²) in [5.41, 5.74) is 3.22. The molecular weight excluding hydrogens is 403 g/mol. The van der Waals surface area contributed by atoms with Crippen molar-refractivity contribution in [1.82, 2.24) is 4.98 Å². The highest BCUT2D eigenvalue weighted by Crippen LogP contribution is 2.41. The number of hydrogen-bond acceptors (Lipinski definition) is 6. The smallest absolute Gasteiger partial charge is 0.306 e. The molecule has 0 amide bonds. The fraction of sp³-hybridized carbons (Fsp3) is 0.478. The highest BCUT2D eigenvalue weighted by molar-refractivity contribution is 5.78. The molecule has 7 nitrogen and oxygen atoms in total. The minimum Gasteiger partial charge on any atom is -0.481 e. The Morgan fingerprint density at radius 2 is 2.16 bits per heavy atom. The molecule has 8 heteroatoms. The number of benzene rings is 1. The third kappa shape index (κ3) is 4.74.